The van der Waals surface area contributed by atoms with Crippen LogP contribution in [0.2, 0.25) is 0 Å². The van der Waals surface area contributed by atoms with Crippen molar-refractivity contribution in [2.75, 3.05) is 0 Å². The van der Waals surface area contributed by atoms with Crippen molar-refractivity contribution in [1.29, 1.82) is 0 Å². The van der Waals surface area contributed by atoms with E-state index < -0.39 is 0 Å². The molecule has 2 aromatic carbocycles. The van der Waals surface area contributed by atoms with Crippen LogP contribution in [0.4, 0.5) is 4.39 Å². The summed E-state index contributed by atoms with van der Waals surface area (Å²) in [5.41, 5.74) is 3.55. The van der Waals surface area contributed by atoms with Crippen LogP contribution in [-0.2, 0) is 6.61 Å². The number of ether oxygens (including phenoxy) is 1. The molecule has 0 spiro atoms. The molecule has 0 bridgehead atoms. The lowest BCUT2D eigenvalue weighted by molar-refractivity contribution is 0.291. The van der Waals surface area contributed by atoms with Gasteiger partial charge in [0.1, 0.15) is 6.61 Å². The van der Waals surface area contributed by atoms with Crippen molar-refractivity contribution in [3.05, 3.63) is 65.6 Å². The average Bonchev–Trinajstić information content (AvgIpc) is 2.87. The fraction of sp³-hybridized carbons (Fsp3) is 0.263. The summed E-state index contributed by atoms with van der Waals surface area (Å²) in [5.74, 6) is -0.0353. The first kappa shape index (κ1) is 14.6. The van der Waals surface area contributed by atoms with Crippen molar-refractivity contribution >= 4 is 10.9 Å². The molecule has 0 saturated carbocycles. The van der Waals surface area contributed by atoms with Crippen LogP contribution in [0.5, 0.6) is 5.75 Å². The standard InChI is InChI=1S/C19H20FNO/c1-13(2)21-11-15(16-8-6-7-14(3)19(16)21)12-22-18-10-5-4-9-17(18)20/h4-11,13H,12H2,1-3H3. The van der Waals surface area contributed by atoms with Crippen molar-refractivity contribution < 1.29 is 9.13 Å². The van der Waals surface area contributed by atoms with Crippen molar-refractivity contribution in [1.82, 2.24) is 4.57 Å². The van der Waals surface area contributed by atoms with Crippen LogP contribution >= 0.6 is 0 Å². The lowest BCUT2D eigenvalue weighted by atomic mass is 10.1. The highest BCUT2D eigenvalue weighted by molar-refractivity contribution is 5.86. The minimum atomic E-state index is -0.328. The lowest BCUT2D eigenvalue weighted by Gasteiger charge is -2.10. The van der Waals surface area contributed by atoms with E-state index in [1.165, 1.54) is 22.5 Å². The molecule has 0 radical (unpaired) electrons. The minimum absolute atomic E-state index is 0.292. The number of benzene rings is 2. The van der Waals surface area contributed by atoms with Crippen LogP contribution in [0.25, 0.3) is 10.9 Å². The Labute approximate surface area is 130 Å². The number of aromatic nitrogens is 1. The molecular formula is C19H20FNO. The third-order valence-corrected chi connectivity index (χ3v) is 3.91. The van der Waals surface area contributed by atoms with Gasteiger partial charge in [-0.3, -0.25) is 0 Å². The molecule has 22 heavy (non-hydrogen) atoms. The molecule has 1 aromatic heterocycles. The third kappa shape index (κ3) is 2.59. The van der Waals surface area contributed by atoms with Gasteiger partial charge in [0.25, 0.3) is 0 Å². The highest BCUT2D eigenvalue weighted by atomic mass is 19.1. The average molecular weight is 297 g/mol. The summed E-state index contributed by atoms with van der Waals surface area (Å²) in [6, 6.07) is 13.1. The number of para-hydroxylation sites is 2. The van der Waals surface area contributed by atoms with Crippen molar-refractivity contribution in [2.24, 2.45) is 0 Å². The molecular weight excluding hydrogens is 277 g/mol. The van der Waals surface area contributed by atoms with Gasteiger partial charge in [-0.05, 0) is 38.5 Å². The first-order valence-corrected chi connectivity index (χ1v) is 7.54. The molecule has 1 heterocycles. The van der Waals surface area contributed by atoms with E-state index in [-0.39, 0.29) is 5.82 Å². The molecule has 0 N–H and O–H groups in total. The molecule has 3 aromatic rings. The van der Waals surface area contributed by atoms with Crippen molar-refractivity contribution in [3.8, 4) is 5.75 Å². The quantitative estimate of drug-likeness (QED) is 0.641. The number of aryl methyl sites for hydroxylation is 1. The normalized spacial score (nSPS) is 11.3. The van der Waals surface area contributed by atoms with Gasteiger partial charge in [0.05, 0.1) is 5.52 Å². The van der Waals surface area contributed by atoms with Gasteiger partial charge in [-0.2, -0.15) is 0 Å². The summed E-state index contributed by atoms with van der Waals surface area (Å²) >= 11 is 0. The van der Waals surface area contributed by atoms with Crippen LogP contribution in [0, 0.1) is 12.7 Å². The van der Waals surface area contributed by atoms with Gasteiger partial charge in [0.2, 0.25) is 0 Å². The Bertz CT molecular complexity index is 804. The molecule has 114 valence electrons. The Kier molecular flexibility index (Phi) is 3.88. The van der Waals surface area contributed by atoms with Gasteiger partial charge in [-0.1, -0.05) is 30.3 Å². The monoisotopic (exact) mass is 297 g/mol. The lowest BCUT2D eigenvalue weighted by Crippen LogP contribution is -2.00. The second-order valence-electron chi connectivity index (χ2n) is 5.85. The van der Waals surface area contributed by atoms with Gasteiger partial charge in [-0.25, -0.2) is 4.39 Å². The largest absolute Gasteiger partial charge is 0.486 e. The molecule has 3 heteroatoms. The number of hydrogen-bond donors (Lipinski definition) is 0. The van der Waals surface area contributed by atoms with E-state index in [1.807, 2.05) is 0 Å². The summed E-state index contributed by atoms with van der Waals surface area (Å²) in [7, 11) is 0. The maximum absolute atomic E-state index is 13.7. The molecule has 2 nitrogen and oxygen atoms in total. The summed E-state index contributed by atoms with van der Waals surface area (Å²) in [5, 5.41) is 1.17. The number of fused-ring (bicyclic) bond motifs is 1. The molecule has 0 unspecified atom stereocenters. The fourth-order valence-electron chi connectivity index (χ4n) is 2.80. The van der Waals surface area contributed by atoms with E-state index in [0.717, 1.165) is 5.56 Å². The Morgan fingerprint density at radius 3 is 2.59 bits per heavy atom. The molecule has 0 atom stereocenters. The highest BCUT2D eigenvalue weighted by Gasteiger charge is 2.13. The number of halogens is 1. The molecule has 0 aliphatic heterocycles. The SMILES string of the molecule is Cc1cccc2c(COc3ccccc3F)cn(C(C)C)c12. The van der Waals surface area contributed by atoms with E-state index >= 15 is 0 Å². The van der Waals surface area contributed by atoms with Gasteiger partial charge >= 0.3 is 0 Å². The summed E-state index contributed by atoms with van der Waals surface area (Å²) in [4.78, 5) is 0. The minimum Gasteiger partial charge on any atom is -0.486 e. The molecule has 0 aliphatic carbocycles. The van der Waals surface area contributed by atoms with Crippen molar-refractivity contribution in [2.45, 2.75) is 33.4 Å². The summed E-state index contributed by atoms with van der Waals surface area (Å²) < 4.78 is 21.6. The zero-order valence-electron chi connectivity index (χ0n) is 13.1. The Hall–Kier alpha value is -2.29. The smallest absolute Gasteiger partial charge is 0.165 e. The molecule has 0 saturated heterocycles. The van der Waals surface area contributed by atoms with Crippen LogP contribution in [0.3, 0.4) is 0 Å². The molecule has 0 fully saturated rings. The topological polar surface area (TPSA) is 14.2 Å². The number of hydrogen-bond acceptors (Lipinski definition) is 1. The van der Waals surface area contributed by atoms with E-state index in [1.54, 1.807) is 18.2 Å². The highest BCUT2D eigenvalue weighted by Crippen LogP contribution is 2.28. The maximum Gasteiger partial charge on any atom is 0.165 e. The molecule has 3 rings (SSSR count). The van der Waals surface area contributed by atoms with Gasteiger partial charge < -0.3 is 9.30 Å². The Morgan fingerprint density at radius 2 is 1.86 bits per heavy atom. The second kappa shape index (κ2) is 5.84. The predicted molar refractivity (Wildman–Crippen MR) is 87.8 cm³/mol. The zero-order valence-corrected chi connectivity index (χ0v) is 13.1. The second-order valence-corrected chi connectivity index (χ2v) is 5.85. The van der Waals surface area contributed by atoms with E-state index in [4.69, 9.17) is 4.74 Å². The zero-order chi connectivity index (χ0) is 15.7. The number of rotatable bonds is 4. The van der Waals surface area contributed by atoms with Crippen molar-refractivity contribution in [3.63, 3.8) is 0 Å². The first-order valence-electron chi connectivity index (χ1n) is 7.54. The maximum atomic E-state index is 13.7. The van der Waals surface area contributed by atoms with Gasteiger partial charge in [0, 0.05) is 23.2 Å². The summed E-state index contributed by atoms with van der Waals surface area (Å²) in [6.07, 6.45) is 2.11. The summed E-state index contributed by atoms with van der Waals surface area (Å²) in [6.45, 7) is 6.80. The Morgan fingerprint density at radius 1 is 1.09 bits per heavy atom. The van der Waals surface area contributed by atoms with Gasteiger partial charge in [-0.15, -0.1) is 0 Å². The predicted octanol–water partition coefficient (Wildman–Crippen LogP) is 5.25. The van der Waals surface area contributed by atoms with E-state index in [9.17, 15) is 4.39 Å². The molecule has 0 amide bonds. The third-order valence-electron chi connectivity index (χ3n) is 3.91. The fourth-order valence-corrected chi connectivity index (χ4v) is 2.80. The van der Waals surface area contributed by atoms with E-state index in [2.05, 4.69) is 49.7 Å². The number of nitrogens with zero attached hydrogens (tertiary/aromatic N) is 1. The molecule has 0 aliphatic rings. The van der Waals surface area contributed by atoms with Crippen LogP contribution in [0.1, 0.15) is 31.0 Å². The van der Waals surface area contributed by atoms with Gasteiger partial charge in [0.15, 0.2) is 11.6 Å². The van der Waals surface area contributed by atoms with Crippen LogP contribution < -0.4 is 4.74 Å². The van der Waals surface area contributed by atoms with Crippen LogP contribution in [-0.4, -0.2) is 4.57 Å². The Balaban J connectivity index is 1.98. The van der Waals surface area contributed by atoms with E-state index in [0.29, 0.717) is 18.4 Å². The van der Waals surface area contributed by atoms with Crippen LogP contribution in [0.15, 0.2) is 48.7 Å². The first-order chi connectivity index (χ1) is 10.6.